The second-order valence-electron chi connectivity index (χ2n) is 8.12. The Morgan fingerprint density at radius 1 is 1.14 bits per heavy atom. The molecule has 0 heterocycles. The molecule has 3 N–H and O–H groups in total. The monoisotopic (exact) mass is 446 g/mol. The maximum Gasteiger partial charge on any atom is 0.241 e. The Bertz CT molecular complexity index is 904. The predicted molar refractivity (Wildman–Crippen MR) is 118 cm³/mol. The summed E-state index contributed by atoms with van der Waals surface area (Å²) in [7, 11) is -6.72. The highest BCUT2D eigenvalue weighted by atomic mass is 32.2. The lowest BCUT2D eigenvalue weighted by Crippen LogP contribution is -2.43. The van der Waals surface area contributed by atoms with E-state index in [-0.39, 0.29) is 23.2 Å². The SMILES string of the molecule is CCNC(=NCc1ccccc1S(=O)(=O)NC(C)(C)C)NC(C)CCS(C)(=O)=O. The maximum absolute atomic E-state index is 12.7. The molecule has 0 saturated carbocycles. The van der Waals surface area contributed by atoms with E-state index in [1.807, 2.05) is 13.8 Å². The molecule has 0 spiro atoms. The van der Waals surface area contributed by atoms with Crippen molar-refractivity contribution in [2.45, 2.75) is 64.1 Å². The summed E-state index contributed by atoms with van der Waals surface area (Å²) in [6, 6.07) is 6.65. The number of nitrogens with one attached hydrogen (secondary N) is 3. The van der Waals surface area contributed by atoms with Crippen LogP contribution in [0.4, 0.5) is 0 Å². The molecule has 0 saturated heterocycles. The summed E-state index contributed by atoms with van der Waals surface area (Å²) in [4.78, 5) is 4.69. The molecule has 0 aliphatic heterocycles. The van der Waals surface area contributed by atoms with Gasteiger partial charge in [0.05, 0.1) is 17.2 Å². The molecule has 0 radical (unpaired) electrons. The molecule has 8 nitrogen and oxygen atoms in total. The second-order valence-corrected chi connectivity index (χ2v) is 12.0. The summed E-state index contributed by atoms with van der Waals surface area (Å²) in [6.07, 6.45) is 1.66. The molecule has 1 unspecified atom stereocenters. The first-order valence-corrected chi connectivity index (χ1v) is 13.1. The van der Waals surface area contributed by atoms with E-state index in [4.69, 9.17) is 0 Å². The van der Waals surface area contributed by atoms with E-state index in [1.54, 1.807) is 45.0 Å². The lowest BCUT2D eigenvalue weighted by atomic mass is 10.1. The predicted octanol–water partition coefficient (Wildman–Crippen LogP) is 1.64. The first-order valence-electron chi connectivity index (χ1n) is 9.58. The quantitative estimate of drug-likeness (QED) is 0.392. The van der Waals surface area contributed by atoms with Gasteiger partial charge in [-0.15, -0.1) is 0 Å². The molecule has 0 fully saturated rings. The fourth-order valence-electron chi connectivity index (χ4n) is 2.54. The van der Waals surface area contributed by atoms with Gasteiger partial charge in [-0.1, -0.05) is 18.2 Å². The van der Waals surface area contributed by atoms with E-state index in [0.717, 1.165) is 0 Å². The van der Waals surface area contributed by atoms with E-state index in [9.17, 15) is 16.8 Å². The molecule has 0 aliphatic rings. The smallest absolute Gasteiger partial charge is 0.241 e. The zero-order valence-corrected chi connectivity index (χ0v) is 19.7. The van der Waals surface area contributed by atoms with Gasteiger partial charge in [-0.05, 0) is 52.7 Å². The van der Waals surface area contributed by atoms with Gasteiger partial charge in [-0.3, -0.25) is 0 Å². The Morgan fingerprint density at radius 3 is 2.31 bits per heavy atom. The van der Waals surface area contributed by atoms with Crippen LogP contribution in [-0.2, 0) is 26.4 Å². The Hall–Kier alpha value is -1.65. The van der Waals surface area contributed by atoms with Crippen LogP contribution in [0.1, 0.15) is 46.6 Å². The van der Waals surface area contributed by atoms with Crippen molar-refractivity contribution in [2.75, 3.05) is 18.6 Å². The molecule has 0 aromatic heterocycles. The number of benzene rings is 1. The lowest BCUT2D eigenvalue weighted by Gasteiger charge is -2.21. The third kappa shape index (κ3) is 10.1. The first kappa shape index (κ1) is 25.4. The Morgan fingerprint density at radius 2 is 1.76 bits per heavy atom. The molecule has 1 aromatic carbocycles. The van der Waals surface area contributed by atoms with Crippen LogP contribution in [0.3, 0.4) is 0 Å². The minimum absolute atomic E-state index is 0.0835. The third-order valence-corrected chi connectivity index (χ3v) is 6.59. The number of aliphatic imine (C=N–C) groups is 1. The Labute approximate surface area is 175 Å². The average molecular weight is 447 g/mol. The summed E-state index contributed by atoms with van der Waals surface area (Å²) in [6.45, 7) is 9.95. The van der Waals surface area contributed by atoms with Gasteiger partial charge < -0.3 is 10.6 Å². The highest BCUT2D eigenvalue weighted by molar-refractivity contribution is 7.90. The van der Waals surface area contributed by atoms with Gasteiger partial charge in [0.2, 0.25) is 10.0 Å². The molecule has 1 aromatic rings. The van der Waals surface area contributed by atoms with Gasteiger partial charge in [0.15, 0.2) is 5.96 Å². The van der Waals surface area contributed by atoms with Crippen LogP contribution in [0, 0.1) is 0 Å². The fraction of sp³-hybridized carbons (Fsp3) is 0.632. The van der Waals surface area contributed by atoms with Crippen molar-refractivity contribution >= 4 is 25.8 Å². The molecule has 0 bridgehead atoms. The molecular weight excluding hydrogens is 412 g/mol. The lowest BCUT2D eigenvalue weighted by molar-refractivity contribution is 0.491. The van der Waals surface area contributed by atoms with Gasteiger partial charge in [0, 0.05) is 24.4 Å². The summed E-state index contributed by atoms with van der Waals surface area (Å²) < 4.78 is 50.9. The van der Waals surface area contributed by atoms with Crippen LogP contribution in [0.25, 0.3) is 0 Å². The van der Waals surface area contributed by atoms with Crippen molar-refractivity contribution in [3.63, 3.8) is 0 Å². The van der Waals surface area contributed by atoms with Crippen LogP contribution in [0.5, 0.6) is 0 Å². The molecule has 166 valence electrons. The Balaban J connectivity index is 3.01. The summed E-state index contributed by atoms with van der Waals surface area (Å²) in [5.74, 6) is 0.588. The van der Waals surface area contributed by atoms with Crippen LogP contribution in [0.2, 0.25) is 0 Å². The van der Waals surface area contributed by atoms with E-state index in [2.05, 4.69) is 20.3 Å². The van der Waals surface area contributed by atoms with Crippen molar-refractivity contribution in [2.24, 2.45) is 4.99 Å². The highest BCUT2D eigenvalue weighted by Gasteiger charge is 2.24. The first-order chi connectivity index (χ1) is 13.2. The summed E-state index contributed by atoms with van der Waals surface area (Å²) >= 11 is 0. The summed E-state index contributed by atoms with van der Waals surface area (Å²) in [5, 5.41) is 6.27. The summed E-state index contributed by atoms with van der Waals surface area (Å²) in [5.41, 5.74) is -0.0222. The molecule has 10 heteroatoms. The normalized spacial score (nSPS) is 14.5. The van der Waals surface area contributed by atoms with E-state index in [0.29, 0.717) is 24.5 Å². The largest absolute Gasteiger partial charge is 0.357 e. The zero-order valence-electron chi connectivity index (χ0n) is 18.1. The number of hydrogen-bond donors (Lipinski definition) is 3. The molecule has 0 amide bonds. The van der Waals surface area contributed by atoms with Crippen molar-refractivity contribution in [3.8, 4) is 0 Å². The minimum Gasteiger partial charge on any atom is -0.357 e. The van der Waals surface area contributed by atoms with Gasteiger partial charge >= 0.3 is 0 Å². The van der Waals surface area contributed by atoms with Gasteiger partial charge in [-0.2, -0.15) is 0 Å². The van der Waals surface area contributed by atoms with Crippen molar-refractivity contribution < 1.29 is 16.8 Å². The molecule has 1 rings (SSSR count). The highest BCUT2D eigenvalue weighted by Crippen LogP contribution is 2.18. The average Bonchev–Trinajstić information content (AvgIpc) is 2.55. The van der Waals surface area contributed by atoms with Gasteiger partial charge in [-0.25, -0.2) is 26.6 Å². The number of sulfonamides is 1. The van der Waals surface area contributed by atoms with Crippen molar-refractivity contribution in [1.29, 1.82) is 0 Å². The van der Waals surface area contributed by atoms with Crippen LogP contribution in [0.15, 0.2) is 34.2 Å². The molecule has 29 heavy (non-hydrogen) atoms. The van der Waals surface area contributed by atoms with Crippen molar-refractivity contribution in [1.82, 2.24) is 15.4 Å². The Kier molecular flexibility index (Phi) is 9.10. The maximum atomic E-state index is 12.7. The van der Waals surface area contributed by atoms with E-state index >= 15 is 0 Å². The number of hydrogen-bond acceptors (Lipinski definition) is 5. The van der Waals surface area contributed by atoms with E-state index < -0.39 is 25.4 Å². The van der Waals surface area contributed by atoms with Gasteiger partial charge in [0.1, 0.15) is 9.84 Å². The van der Waals surface area contributed by atoms with Gasteiger partial charge in [0.25, 0.3) is 0 Å². The number of guanidine groups is 1. The zero-order chi connectivity index (χ0) is 22.3. The second kappa shape index (κ2) is 10.4. The topological polar surface area (TPSA) is 117 Å². The number of rotatable bonds is 9. The standard InChI is InChI=1S/C19H34N4O4S2/c1-7-20-18(22-15(2)12-13-28(6,24)25)21-14-16-10-8-9-11-17(16)29(26,27)23-19(3,4)5/h8-11,15,23H,7,12-14H2,1-6H3,(H2,20,21,22). The van der Waals surface area contributed by atoms with Crippen LogP contribution < -0.4 is 15.4 Å². The molecule has 1 atom stereocenters. The number of nitrogens with zero attached hydrogens (tertiary/aromatic N) is 1. The number of sulfone groups is 1. The van der Waals surface area contributed by atoms with E-state index in [1.165, 1.54) is 6.26 Å². The van der Waals surface area contributed by atoms with Crippen LogP contribution in [-0.4, -0.2) is 52.9 Å². The molecular formula is C19H34N4O4S2. The minimum atomic E-state index is -3.68. The fourth-order valence-corrected chi connectivity index (χ4v) is 4.97. The van der Waals surface area contributed by atoms with Crippen LogP contribution >= 0.6 is 0 Å². The molecule has 0 aliphatic carbocycles. The van der Waals surface area contributed by atoms with Crippen molar-refractivity contribution in [3.05, 3.63) is 29.8 Å². The third-order valence-electron chi connectivity index (χ3n) is 3.76.